The lowest BCUT2D eigenvalue weighted by Crippen LogP contribution is -1.90. The van der Waals surface area contributed by atoms with Crippen LogP contribution in [0.1, 0.15) is 11.1 Å². The Bertz CT molecular complexity index is 318. The number of aryl methyl sites for hydroxylation is 1. The minimum Gasteiger partial charge on any atom is -0.497 e. The lowest BCUT2D eigenvalue weighted by atomic mass is 10.0. The third-order valence-corrected chi connectivity index (χ3v) is 2.65. The van der Waals surface area contributed by atoms with Gasteiger partial charge in [0.25, 0.3) is 0 Å². The number of hydrogen-bond acceptors (Lipinski definition) is 1. The van der Waals surface area contributed by atoms with Gasteiger partial charge in [0, 0.05) is 5.33 Å². The van der Waals surface area contributed by atoms with Gasteiger partial charge in [0.1, 0.15) is 5.75 Å². The molecule has 1 nitrogen and oxygen atoms in total. The van der Waals surface area contributed by atoms with Crippen LogP contribution in [-0.4, -0.2) is 12.4 Å². The second kappa shape index (κ2) is 4.47. The number of alkyl halides is 1. The van der Waals surface area contributed by atoms with Gasteiger partial charge in [0.2, 0.25) is 0 Å². The third-order valence-electron chi connectivity index (χ3n) is 1.98. The van der Waals surface area contributed by atoms with Gasteiger partial charge in [0.05, 0.1) is 7.11 Å². The fourth-order valence-electron chi connectivity index (χ4n) is 1.23. The van der Waals surface area contributed by atoms with Crippen LogP contribution in [0.15, 0.2) is 24.8 Å². The Morgan fingerprint density at radius 3 is 2.69 bits per heavy atom. The molecular formula is C11H13BrO. The van der Waals surface area contributed by atoms with E-state index >= 15 is 0 Å². The van der Waals surface area contributed by atoms with Gasteiger partial charge in [-0.25, -0.2) is 0 Å². The molecule has 0 spiro atoms. The highest BCUT2D eigenvalue weighted by molar-refractivity contribution is 9.09. The highest BCUT2D eigenvalue weighted by Crippen LogP contribution is 2.23. The van der Waals surface area contributed by atoms with E-state index in [-0.39, 0.29) is 0 Å². The summed E-state index contributed by atoms with van der Waals surface area (Å²) in [5.74, 6) is 0.892. The Hall–Kier alpha value is -0.760. The van der Waals surface area contributed by atoms with E-state index in [1.54, 1.807) is 7.11 Å². The number of ether oxygens (including phenoxy) is 1. The molecule has 0 unspecified atom stereocenters. The van der Waals surface area contributed by atoms with E-state index in [0.29, 0.717) is 0 Å². The molecule has 0 aliphatic carbocycles. The van der Waals surface area contributed by atoms with E-state index in [0.717, 1.165) is 16.7 Å². The number of methoxy groups -OCH3 is 1. The maximum Gasteiger partial charge on any atom is 0.119 e. The Morgan fingerprint density at radius 1 is 1.54 bits per heavy atom. The second-order valence-electron chi connectivity index (χ2n) is 2.92. The zero-order chi connectivity index (χ0) is 9.84. The van der Waals surface area contributed by atoms with Crippen LogP contribution in [0.25, 0.3) is 5.57 Å². The van der Waals surface area contributed by atoms with Crippen molar-refractivity contribution in [3.63, 3.8) is 0 Å². The zero-order valence-electron chi connectivity index (χ0n) is 7.93. The lowest BCUT2D eigenvalue weighted by Gasteiger charge is -2.08. The summed E-state index contributed by atoms with van der Waals surface area (Å²) in [5, 5.41) is 0.806. The molecular weight excluding hydrogens is 228 g/mol. The SMILES string of the molecule is C=C(CBr)c1ccc(OC)cc1C. The number of rotatable bonds is 3. The van der Waals surface area contributed by atoms with Crippen molar-refractivity contribution in [1.82, 2.24) is 0 Å². The lowest BCUT2D eigenvalue weighted by molar-refractivity contribution is 0.414. The standard InChI is InChI=1S/C11H13BrO/c1-8-6-10(13-3)4-5-11(8)9(2)7-12/h4-6H,2,7H2,1,3H3. The molecule has 0 amide bonds. The Kier molecular flexibility index (Phi) is 3.55. The molecule has 0 N–H and O–H groups in total. The first-order chi connectivity index (χ1) is 6.19. The molecule has 0 aromatic heterocycles. The predicted octanol–water partition coefficient (Wildman–Crippen LogP) is 3.41. The molecule has 0 fully saturated rings. The normalized spacial score (nSPS) is 9.77. The largest absolute Gasteiger partial charge is 0.497 e. The van der Waals surface area contributed by atoms with Gasteiger partial charge in [-0.3, -0.25) is 0 Å². The molecule has 0 bridgehead atoms. The van der Waals surface area contributed by atoms with Gasteiger partial charge in [-0.1, -0.05) is 28.6 Å². The molecule has 2 heteroatoms. The van der Waals surface area contributed by atoms with Gasteiger partial charge < -0.3 is 4.74 Å². The Balaban J connectivity index is 3.05. The highest BCUT2D eigenvalue weighted by atomic mass is 79.9. The van der Waals surface area contributed by atoms with Crippen molar-refractivity contribution < 1.29 is 4.74 Å². The third kappa shape index (κ3) is 2.34. The summed E-state index contributed by atoms with van der Waals surface area (Å²) in [7, 11) is 1.67. The number of hydrogen-bond donors (Lipinski definition) is 0. The second-order valence-corrected chi connectivity index (χ2v) is 3.48. The summed E-state index contributed by atoms with van der Waals surface area (Å²) in [5.41, 5.74) is 3.49. The van der Waals surface area contributed by atoms with Crippen LogP contribution in [0.2, 0.25) is 0 Å². The van der Waals surface area contributed by atoms with E-state index in [2.05, 4.69) is 29.4 Å². The quantitative estimate of drug-likeness (QED) is 0.737. The molecule has 0 saturated heterocycles. The van der Waals surface area contributed by atoms with Crippen molar-refractivity contribution in [2.45, 2.75) is 6.92 Å². The van der Waals surface area contributed by atoms with Gasteiger partial charge >= 0.3 is 0 Å². The number of halogens is 1. The van der Waals surface area contributed by atoms with Crippen LogP contribution in [0.3, 0.4) is 0 Å². The molecule has 13 heavy (non-hydrogen) atoms. The van der Waals surface area contributed by atoms with Crippen LogP contribution < -0.4 is 4.74 Å². The molecule has 70 valence electrons. The molecule has 0 heterocycles. The highest BCUT2D eigenvalue weighted by Gasteiger charge is 2.02. The Labute approximate surface area is 87.5 Å². The first-order valence-electron chi connectivity index (χ1n) is 4.07. The van der Waals surface area contributed by atoms with Crippen LogP contribution in [0.4, 0.5) is 0 Å². The van der Waals surface area contributed by atoms with Crippen molar-refractivity contribution in [2.75, 3.05) is 12.4 Å². The average Bonchev–Trinajstić information content (AvgIpc) is 2.16. The maximum atomic E-state index is 5.12. The van der Waals surface area contributed by atoms with Crippen LogP contribution in [0.5, 0.6) is 5.75 Å². The summed E-state index contributed by atoms with van der Waals surface area (Å²) in [4.78, 5) is 0. The van der Waals surface area contributed by atoms with Crippen molar-refractivity contribution in [2.24, 2.45) is 0 Å². The molecule has 0 atom stereocenters. The molecule has 1 rings (SSSR count). The van der Waals surface area contributed by atoms with E-state index in [4.69, 9.17) is 4.74 Å². The van der Waals surface area contributed by atoms with Gasteiger partial charge in [-0.2, -0.15) is 0 Å². The first-order valence-corrected chi connectivity index (χ1v) is 5.20. The average molecular weight is 241 g/mol. The number of benzene rings is 1. The van der Waals surface area contributed by atoms with Crippen molar-refractivity contribution in [1.29, 1.82) is 0 Å². The molecule has 1 aromatic carbocycles. The monoisotopic (exact) mass is 240 g/mol. The van der Waals surface area contributed by atoms with Crippen molar-refractivity contribution in [3.05, 3.63) is 35.9 Å². The van der Waals surface area contributed by atoms with Crippen molar-refractivity contribution in [3.8, 4) is 5.75 Å². The first kappa shape index (κ1) is 10.3. The van der Waals surface area contributed by atoms with Gasteiger partial charge in [-0.15, -0.1) is 0 Å². The molecule has 0 saturated carbocycles. The van der Waals surface area contributed by atoms with Gasteiger partial charge in [0.15, 0.2) is 0 Å². The number of allylic oxidation sites excluding steroid dienone is 1. The maximum absolute atomic E-state index is 5.12. The summed E-state index contributed by atoms with van der Waals surface area (Å²) >= 11 is 3.39. The zero-order valence-corrected chi connectivity index (χ0v) is 9.52. The molecule has 0 aliphatic heterocycles. The minimum atomic E-state index is 0.806. The van der Waals surface area contributed by atoms with Gasteiger partial charge in [-0.05, 0) is 35.8 Å². The smallest absolute Gasteiger partial charge is 0.119 e. The topological polar surface area (TPSA) is 9.23 Å². The van der Waals surface area contributed by atoms with E-state index < -0.39 is 0 Å². The van der Waals surface area contributed by atoms with E-state index in [9.17, 15) is 0 Å². The fourth-order valence-corrected chi connectivity index (χ4v) is 1.53. The summed E-state index contributed by atoms with van der Waals surface area (Å²) in [6.07, 6.45) is 0. The summed E-state index contributed by atoms with van der Waals surface area (Å²) in [6, 6.07) is 6.01. The summed E-state index contributed by atoms with van der Waals surface area (Å²) in [6.45, 7) is 6.03. The predicted molar refractivity (Wildman–Crippen MR) is 60.6 cm³/mol. The van der Waals surface area contributed by atoms with Crippen LogP contribution >= 0.6 is 15.9 Å². The van der Waals surface area contributed by atoms with E-state index in [1.165, 1.54) is 11.1 Å². The fraction of sp³-hybridized carbons (Fsp3) is 0.273. The Morgan fingerprint density at radius 2 is 2.23 bits per heavy atom. The molecule has 1 aromatic rings. The minimum absolute atomic E-state index is 0.806. The molecule has 0 radical (unpaired) electrons. The van der Waals surface area contributed by atoms with E-state index in [1.807, 2.05) is 18.2 Å². The van der Waals surface area contributed by atoms with Crippen LogP contribution in [0, 0.1) is 6.92 Å². The van der Waals surface area contributed by atoms with Crippen molar-refractivity contribution >= 4 is 21.5 Å². The summed E-state index contributed by atoms with van der Waals surface area (Å²) < 4.78 is 5.12. The molecule has 0 aliphatic rings. The van der Waals surface area contributed by atoms with Crippen LogP contribution in [-0.2, 0) is 0 Å².